The summed E-state index contributed by atoms with van der Waals surface area (Å²) in [6, 6.07) is 1.45. The molecule has 0 atom stereocenters. The van der Waals surface area contributed by atoms with E-state index >= 15 is 0 Å². The largest absolute Gasteiger partial charge is 0.370 e. The summed E-state index contributed by atoms with van der Waals surface area (Å²) in [7, 11) is -3.26. The van der Waals surface area contributed by atoms with E-state index in [1.165, 1.54) is 24.9 Å². The molecule has 5 nitrogen and oxygen atoms in total. The number of nitrogens with zero attached hydrogens (tertiary/aromatic N) is 1. The fourth-order valence-electron chi connectivity index (χ4n) is 0.968. The highest BCUT2D eigenvalue weighted by atomic mass is 32.2. The van der Waals surface area contributed by atoms with Crippen molar-refractivity contribution < 1.29 is 13.2 Å². The van der Waals surface area contributed by atoms with Gasteiger partial charge in [-0.15, -0.1) is 0 Å². The molecule has 1 amide bonds. The molecule has 15 heavy (non-hydrogen) atoms. The van der Waals surface area contributed by atoms with Crippen molar-refractivity contribution >= 4 is 15.7 Å². The summed E-state index contributed by atoms with van der Waals surface area (Å²) in [5.74, 6) is -0.472. The molecule has 0 saturated carbocycles. The first kappa shape index (κ1) is 11.6. The number of nitrogens with two attached hydrogens (primary N) is 1. The molecule has 2 N–H and O–H groups in total. The summed E-state index contributed by atoms with van der Waals surface area (Å²) in [6.07, 6.45) is 5.43. The van der Waals surface area contributed by atoms with Gasteiger partial charge in [0, 0.05) is 31.5 Å². The highest BCUT2D eigenvalue weighted by Gasteiger charge is 2.08. The van der Waals surface area contributed by atoms with Gasteiger partial charge in [0.2, 0.25) is 5.91 Å². The maximum Gasteiger partial charge on any atom is 0.218 e. The fraction of sp³-hybridized carbons (Fsp3) is 0.222. The van der Waals surface area contributed by atoms with E-state index in [4.69, 9.17) is 5.73 Å². The van der Waals surface area contributed by atoms with Crippen LogP contribution in [0.25, 0.3) is 0 Å². The van der Waals surface area contributed by atoms with Crippen molar-refractivity contribution in [2.45, 2.75) is 11.3 Å². The first-order chi connectivity index (χ1) is 6.89. The minimum Gasteiger partial charge on any atom is -0.370 e. The minimum atomic E-state index is -3.26. The van der Waals surface area contributed by atoms with Crippen molar-refractivity contribution in [2.24, 2.45) is 5.73 Å². The van der Waals surface area contributed by atoms with Gasteiger partial charge >= 0.3 is 0 Å². The Bertz CT molecular complexity index is 468. The van der Waals surface area contributed by atoms with E-state index in [0.29, 0.717) is 5.56 Å². The Hall–Kier alpha value is -1.43. The number of primary amides is 1. The van der Waals surface area contributed by atoms with E-state index in [1.807, 2.05) is 0 Å². The van der Waals surface area contributed by atoms with Crippen LogP contribution in [0.4, 0.5) is 0 Å². The van der Waals surface area contributed by atoms with Crippen molar-refractivity contribution in [3.63, 3.8) is 0 Å². The monoisotopic (exact) mass is 227 g/mol. The third kappa shape index (κ3) is 3.67. The summed E-state index contributed by atoms with van der Waals surface area (Å²) >= 11 is 0. The predicted molar refractivity (Wildman–Crippen MR) is 54.6 cm³/mol. The van der Waals surface area contributed by atoms with Crippen LogP contribution < -0.4 is 5.73 Å². The second-order valence-corrected chi connectivity index (χ2v) is 5.12. The SMILES string of the molecule is CS(=O)(=O)c1cncc([CH]CC(N)=O)c1. The van der Waals surface area contributed by atoms with Gasteiger partial charge in [0.05, 0.1) is 4.90 Å². The first-order valence-corrected chi connectivity index (χ1v) is 6.05. The van der Waals surface area contributed by atoms with Gasteiger partial charge in [-0.2, -0.15) is 0 Å². The molecular weight excluding hydrogens is 216 g/mol. The van der Waals surface area contributed by atoms with Crippen LogP contribution in [-0.4, -0.2) is 25.6 Å². The fourth-order valence-corrected chi connectivity index (χ4v) is 1.57. The van der Waals surface area contributed by atoms with Crippen LogP contribution in [0.15, 0.2) is 23.4 Å². The molecule has 1 aromatic rings. The van der Waals surface area contributed by atoms with Crippen LogP contribution in [-0.2, 0) is 14.6 Å². The highest BCUT2D eigenvalue weighted by molar-refractivity contribution is 7.90. The number of pyridine rings is 1. The second-order valence-electron chi connectivity index (χ2n) is 3.10. The highest BCUT2D eigenvalue weighted by Crippen LogP contribution is 2.11. The molecule has 0 aliphatic heterocycles. The average molecular weight is 227 g/mol. The molecule has 0 saturated heterocycles. The summed E-state index contributed by atoms with van der Waals surface area (Å²) in [5.41, 5.74) is 5.52. The number of hydrogen-bond donors (Lipinski definition) is 1. The van der Waals surface area contributed by atoms with Crippen LogP contribution in [0, 0.1) is 6.42 Å². The smallest absolute Gasteiger partial charge is 0.218 e. The standard InChI is InChI=1S/C9H11N2O3S/c1-15(13,14)8-4-7(5-11-6-8)2-3-9(10)12/h2,4-6H,3H2,1H3,(H2,10,12). The van der Waals surface area contributed by atoms with Gasteiger partial charge < -0.3 is 5.73 Å². The average Bonchev–Trinajstić information content (AvgIpc) is 2.14. The van der Waals surface area contributed by atoms with E-state index in [0.717, 1.165) is 6.26 Å². The quantitative estimate of drug-likeness (QED) is 0.778. The minimum absolute atomic E-state index is 0.0644. The molecule has 0 fully saturated rings. The Morgan fingerprint density at radius 3 is 2.73 bits per heavy atom. The van der Waals surface area contributed by atoms with Gasteiger partial charge in [0.25, 0.3) is 0 Å². The van der Waals surface area contributed by atoms with Gasteiger partial charge in [-0.25, -0.2) is 8.42 Å². The molecule has 1 radical (unpaired) electrons. The summed E-state index contributed by atoms with van der Waals surface area (Å²) in [6.45, 7) is 0. The molecule has 1 rings (SSSR count). The van der Waals surface area contributed by atoms with E-state index < -0.39 is 15.7 Å². The predicted octanol–water partition coefficient (Wildman–Crippen LogP) is -0.0871. The Labute approximate surface area is 88.2 Å². The third-order valence-electron chi connectivity index (χ3n) is 1.70. The number of carbonyl (C=O) groups is 1. The van der Waals surface area contributed by atoms with Gasteiger partial charge in [-0.05, 0) is 11.6 Å². The zero-order chi connectivity index (χ0) is 11.5. The topological polar surface area (TPSA) is 90.1 Å². The number of amides is 1. The lowest BCUT2D eigenvalue weighted by Gasteiger charge is -2.01. The molecule has 1 aromatic heterocycles. The number of rotatable bonds is 4. The van der Waals surface area contributed by atoms with Crippen molar-refractivity contribution in [3.8, 4) is 0 Å². The maximum absolute atomic E-state index is 11.2. The van der Waals surface area contributed by atoms with E-state index in [2.05, 4.69) is 4.98 Å². The molecule has 0 spiro atoms. The van der Waals surface area contributed by atoms with Crippen molar-refractivity contribution in [3.05, 3.63) is 30.4 Å². The molecule has 0 bridgehead atoms. The van der Waals surface area contributed by atoms with Crippen molar-refractivity contribution in [1.82, 2.24) is 4.98 Å². The van der Waals surface area contributed by atoms with Crippen LogP contribution >= 0.6 is 0 Å². The van der Waals surface area contributed by atoms with Crippen molar-refractivity contribution in [2.75, 3.05) is 6.26 Å². The molecule has 6 heteroatoms. The lowest BCUT2D eigenvalue weighted by atomic mass is 10.1. The number of hydrogen-bond acceptors (Lipinski definition) is 4. The number of aromatic nitrogens is 1. The molecule has 0 aliphatic carbocycles. The number of sulfone groups is 1. The molecule has 0 unspecified atom stereocenters. The second kappa shape index (κ2) is 4.39. The van der Waals surface area contributed by atoms with E-state index in [-0.39, 0.29) is 11.3 Å². The molecule has 1 heterocycles. The van der Waals surface area contributed by atoms with Gasteiger partial charge in [-0.1, -0.05) is 0 Å². The zero-order valence-electron chi connectivity index (χ0n) is 8.17. The van der Waals surface area contributed by atoms with Crippen LogP contribution in [0.5, 0.6) is 0 Å². The Morgan fingerprint density at radius 2 is 2.20 bits per heavy atom. The maximum atomic E-state index is 11.2. The Morgan fingerprint density at radius 1 is 1.53 bits per heavy atom. The van der Waals surface area contributed by atoms with Gasteiger partial charge in [0.1, 0.15) is 0 Å². The Kier molecular flexibility index (Phi) is 3.41. The zero-order valence-corrected chi connectivity index (χ0v) is 8.99. The summed E-state index contributed by atoms with van der Waals surface area (Å²) < 4.78 is 22.4. The molecular formula is C9H11N2O3S. The van der Waals surface area contributed by atoms with E-state index in [1.54, 1.807) is 0 Å². The van der Waals surface area contributed by atoms with Crippen LogP contribution in [0.3, 0.4) is 0 Å². The molecule has 0 aromatic carbocycles. The van der Waals surface area contributed by atoms with Crippen LogP contribution in [0.2, 0.25) is 0 Å². The number of carbonyl (C=O) groups excluding carboxylic acids is 1. The normalized spacial score (nSPS) is 11.3. The third-order valence-corrected chi connectivity index (χ3v) is 2.78. The molecule has 0 aliphatic rings. The summed E-state index contributed by atoms with van der Waals surface area (Å²) in [5, 5.41) is 0. The van der Waals surface area contributed by atoms with Crippen LogP contribution in [0.1, 0.15) is 12.0 Å². The lowest BCUT2D eigenvalue weighted by molar-refractivity contribution is -0.117. The van der Waals surface area contributed by atoms with Gasteiger partial charge in [0.15, 0.2) is 9.84 Å². The first-order valence-electron chi connectivity index (χ1n) is 4.16. The van der Waals surface area contributed by atoms with Gasteiger partial charge in [-0.3, -0.25) is 9.78 Å². The summed E-state index contributed by atoms with van der Waals surface area (Å²) in [4.78, 5) is 14.4. The molecule has 81 valence electrons. The van der Waals surface area contributed by atoms with E-state index in [9.17, 15) is 13.2 Å². The van der Waals surface area contributed by atoms with Crippen molar-refractivity contribution in [1.29, 1.82) is 0 Å². The lowest BCUT2D eigenvalue weighted by Crippen LogP contribution is -2.10. The Balaban J connectivity index is 2.89.